The quantitative estimate of drug-likeness (QED) is 0.296. The number of allylic oxidation sites excluding steroid dienone is 2. The van der Waals surface area contributed by atoms with Gasteiger partial charge in [0.15, 0.2) is 6.23 Å². The van der Waals surface area contributed by atoms with E-state index < -0.39 is 24.1 Å². The number of carboxylic acid groups (broad SMARTS) is 2. The van der Waals surface area contributed by atoms with Crippen LogP contribution >= 0.6 is 0 Å². The summed E-state index contributed by atoms with van der Waals surface area (Å²) in [6, 6.07) is 11.4. The van der Waals surface area contributed by atoms with Gasteiger partial charge in [-0.1, -0.05) is 36.4 Å². The van der Waals surface area contributed by atoms with Crippen LogP contribution in [0.15, 0.2) is 82.5 Å². The second-order valence-electron chi connectivity index (χ2n) is 7.96. The first-order valence-electron chi connectivity index (χ1n) is 10.6. The fraction of sp³-hybridized carbons (Fsp3) is 0.160. The molecule has 1 amide bonds. The molecule has 2 aliphatic rings. The van der Waals surface area contributed by atoms with Gasteiger partial charge in [0.25, 0.3) is 5.91 Å². The molecule has 0 saturated heterocycles. The van der Waals surface area contributed by atoms with Gasteiger partial charge in [-0.05, 0) is 55.3 Å². The van der Waals surface area contributed by atoms with Gasteiger partial charge in [0.05, 0.1) is 40.5 Å². The molecule has 37 heavy (non-hydrogen) atoms. The summed E-state index contributed by atoms with van der Waals surface area (Å²) in [5.41, 5.74) is 2.42. The van der Waals surface area contributed by atoms with Gasteiger partial charge in [0.1, 0.15) is 0 Å². The number of amides is 1. The van der Waals surface area contributed by atoms with Crippen molar-refractivity contribution in [3.63, 3.8) is 0 Å². The van der Waals surface area contributed by atoms with Gasteiger partial charge in [0.2, 0.25) is 0 Å². The van der Waals surface area contributed by atoms with E-state index in [0.717, 1.165) is 0 Å². The largest absolute Gasteiger partial charge is 1.00 e. The molecule has 178 valence electrons. The number of hydrogen-bond donors (Lipinski definition) is 1. The van der Waals surface area contributed by atoms with E-state index in [-0.39, 0.29) is 76.1 Å². The number of aromatic carboxylic acids is 2. The molecule has 2 aromatic carbocycles. The number of nitrogens with zero attached hydrogens (tertiary/aromatic N) is 4. The number of anilines is 2. The fourth-order valence-corrected chi connectivity index (χ4v) is 3.76. The summed E-state index contributed by atoms with van der Waals surface area (Å²) in [6.45, 7) is 3.44. The molecular formula is C25H20N4Na2O6. The summed E-state index contributed by atoms with van der Waals surface area (Å²) >= 11 is 0. The standard InChI is InChI=1S/C25H22N4O6.2Na/c1-14-20(22(30)28(26-14)18-10-6-16(7-11-18)24(32)33)4-3-5-21-15(2)27-29(23(21)31)19-12-8-17(9-13-19)25(34)35;;/h3-13,20,22,30H,1-2H3,(H,32,33)(H,34,35);;/q;2*+1/p-2. The monoisotopic (exact) mass is 518 g/mol. The molecule has 12 heteroatoms. The smallest absolute Gasteiger partial charge is 0.545 e. The third kappa shape index (κ3) is 6.47. The number of aliphatic hydroxyl groups excluding tert-OH is 1. The van der Waals surface area contributed by atoms with Gasteiger partial charge in [-0.25, -0.2) is 5.01 Å². The van der Waals surface area contributed by atoms with E-state index in [1.807, 2.05) is 0 Å². The van der Waals surface area contributed by atoms with Gasteiger partial charge in [0, 0.05) is 5.71 Å². The van der Waals surface area contributed by atoms with E-state index in [9.17, 15) is 29.7 Å². The first-order chi connectivity index (χ1) is 16.7. The van der Waals surface area contributed by atoms with Crippen LogP contribution in [0, 0.1) is 5.92 Å². The van der Waals surface area contributed by atoms with Gasteiger partial charge in [-0.2, -0.15) is 15.2 Å². The van der Waals surface area contributed by atoms with E-state index in [1.54, 1.807) is 32.1 Å². The number of carboxylic acids is 2. The molecule has 0 saturated carbocycles. The molecule has 2 heterocycles. The third-order valence-electron chi connectivity index (χ3n) is 5.68. The minimum absolute atomic E-state index is 0. The normalized spacial score (nSPS) is 20.0. The van der Waals surface area contributed by atoms with Crippen LogP contribution in [0.3, 0.4) is 0 Å². The Kier molecular flexibility index (Phi) is 10.6. The summed E-state index contributed by atoms with van der Waals surface area (Å²) in [4.78, 5) is 34.7. The number of rotatable bonds is 6. The van der Waals surface area contributed by atoms with Crippen molar-refractivity contribution in [2.75, 3.05) is 10.0 Å². The number of hydrazone groups is 2. The molecule has 2 atom stereocenters. The van der Waals surface area contributed by atoms with Crippen LogP contribution in [-0.4, -0.2) is 40.6 Å². The van der Waals surface area contributed by atoms with Crippen molar-refractivity contribution in [2.45, 2.75) is 20.1 Å². The first kappa shape index (κ1) is 30.7. The molecule has 2 aromatic rings. The van der Waals surface area contributed by atoms with Crippen molar-refractivity contribution in [2.24, 2.45) is 16.1 Å². The van der Waals surface area contributed by atoms with Crippen LogP contribution < -0.4 is 79.3 Å². The summed E-state index contributed by atoms with van der Waals surface area (Å²) in [7, 11) is 0. The second-order valence-corrected chi connectivity index (χ2v) is 7.96. The van der Waals surface area contributed by atoms with Crippen LogP contribution in [0.1, 0.15) is 34.6 Å². The minimum Gasteiger partial charge on any atom is -0.545 e. The second kappa shape index (κ2) is 12.8. The summed E-state index contributed by atoms with van der Waals surface area (Å²) < 4.78 is 0. The number of benzene rings is 2. The van der Waals surface area contributed by atoms with E-state index >= 15 is 0 Å². The molecule has 4 rings (SSSR count). The predicted octanol–water partition coefficient (Wildman–Crippen LogP) is -5.54. The fourth-order valence-electron chi connectivity index (χ4n) is 3.76. The summed E-state index contributed by atoms with van der Waals surface area (Å²) in [5, 5.41) is 43.8. The van der Waals surface area contributed by atoms with Crippen molar-refractivity contribution in [1.29, 1.82) is 0 Å². The Hall–Kier alpha value is -2.57. The van der Waals surface area contributed by atoms with Crippen LogP contribution in [0.25, 0.3) is 0 Å². The van der Waals surface area contributed by atoms with Crippen LogP contribution in [0.2, 0.25) is 0 Å². The summed E-state index contributed by atoms with van der Waals surface area (Å²) in [5.74, 6) is -3.44. The number of carbonyl (C=O) groups is 3. The molecule has 0 spiro atoms. The number of carbonyl (C=O) groups excluding carboxylic acids is 3. The van der Waals surface area contributed by atoms with Crippen molar-refractivity contribution in [3.05, 3.63) is 83.5 Å². The van der Waals surface area contributed by atoms with Gasteiger partial charge < -0.3 is 24.9 Å². The average molecular weight is 518 g/mol. The first-order valence-corrected chi connectivity index (χ1v) is 10.6. The topological polar surface area (TPSA) is 149 Å². The molecule has 0 aromatic heterocycles. The Bertz CT molecular complexity index is 1320. The van der Waals surface area contributed by atoms with E-state index in [4.69, 9.17) is 0 Å². The molecule has 0 fully saturated rings. The molecular weight excluding hydrogens is 498 g/mol. The van der Waals surface area contributed by atoms with Gasteiger partial charge in [-0.15, -0.1) is 0 Å². The zero-order valence-electron chi connectivity index (χ0n) is 20.8. The van der Waals surface area contributed by atoms with Gasteiger partial charge in [-0.3, -0.25) is 4.79 Å². The predicted molar refractivity (Wildman–Crippen MR) is 124 cm³/mol. The zero-order chi connectivity index (χ0) is 25.3. The summed E-state index contributed by atoms with van der Waals surface area (Å²) in [6.07, 6.45) is 3.92. The average Bonchev–Trinajstić information content (AvgIpc) is 3.28. The molecule has 0 radical (unpaired) electrons. The third-order valence-corrected chi connectivity index (χ3v) is 5.68. The van der Waals surface area contributed by atoms with E-state index in [2.05, 4.69) is 10.2 Å². The maximum absolute atomic E-state index is 12.9. The number of hydrogen-bond acceptors (Lipinski definition) is 9. The Morgan fingerprint density at radius 2 is 1.41 bits per heavy atom. The van der Waals surface area contributed by atoms with Crippen molar-refractivity contribution < 1.29 is 88.8 Å². The maximum atomic E-state index is 12.9. The van der Waals surface area contributed by atoms with Crippen LogP contribution in [-0.2, 0) is 4.79 Å². The Labute approximate surface area is 257 Å². The van der Waals surface area contributed by atoms with Crippen molar-refractivity contribution in [1.82, 2.24) is 0 Å². The molecule has 1 N–H and O–H groups in total. The van der Waals surface area contributed by atoms with E-state index in [1.165, 1.54) is 58.5 Å². The Morgan fingerprint density at radius 3 is 1.92 bits per heavy atom. The Balaban J connectivity index is 0.00000241. The van der Waals surface area contributed by atoms with Crippen molar-refractivity contribution >= 4 is 40.6 Å². The minimum atomic E-state index is -1.31. The molecule has 2 aliphatic heterocycles. The van der Waals surface area contributed by atoms with Crippen LogP contribution in [0.5, 0.6) is 0 Å². The molecule has 0 aliphatic carbocycles. The van der Waals surface area contributed by atoms with Gasteiger partial charge >= 0.3 is 59.1 Å². The molecule has 10 nitrogen and oxygen atoms in total. The number of aliphatic hydroxyl groups is 1. The maximum Gasteiger partial charge on any atom is 1.00 e. The zero-order valence-corrected chi connectivity index (χ0v) is 24.8. The Morgan fingerprint density at radius 1 is 0.892 bits per heavy atom. The van der Waals surface area contributed by atoms with E-state index in [0.29, 0.717) is 28.4 Å². The van der Waals surface area contributed by atoms with Crippen LogP contribution in [0.4, 0.5) is 11.4 Å². The molecule has 2 unspecified atom stereocenters. The SMILES string of the molecule is CC1=NN(c2ccc(C(=O)[O-])cc2)C(=O)C1=CC=CC1C(C)=NN(c2ccc(C(=O)[O-])cc2)C1O.[Na+].[Na+]. The van der Waals surface area contributed by atoms with Crippen molar-refractivity contribution in [3.8, 4) is 0 Å². The molecule has 0 bridgehead atoms.